The third kappa shape index (κ3) is 3.54. The molecule has 0 aliphatic rings. The predicted octanol–water partition coefficient (Wildman–Crippen LogP) is 1.12. The molecule has 0 aliphatic heterocycles. The summed E-state index contributed by atoms with van der Waals surface area (Å²) in [6.07, 6.45) is -0.0110. The van der Waals surface area contributed by atoms with Crippen LogP contribution in [-0.4, -0.2) is 39.3 Å². The minimum Gasteiger partial charge on any atom is -0.496 e. The van der Waals surface area contributed by atoms with E-state index in [9.17, 15) is 13.2 Å². The number of amides is 1. The molecule has 0 aromatic heterocycles. The second kappa shape index (κ2) is 6.44. The minimum absolute atomic E-state index is 0.0110. The maximum Gasteiger partial charge on any atom is 0.243 e. The van der Waals surface area contributed by atoms with Crippen molar-refractivity contribution in [2.75, 3.05) is 20.7 Å². The Morgan fingerprint density at radius 3 is 2.33 bits per heavy atom. The number of carbonyl (C=O) groups is 1. The lowest BCUT2D eigenvalue weighted by Crippen LogP contribution is -2.31. The van der Waals surface area contributed by atoms with E-state index in [4.69, 9.17) is 10.5 Å². The third-order valence-electron chi connectivity index (χ3n) is 3.54. The zero-order valence-electron chi connectivity index (χ0n) is 13.1. The van der Waals surface area contributed by atoms with Crippen molar-refractivity contribution in [3.8, 4) is 5.75 Å². The maximum atomic E-state index is 12.7. The van der Waals surface area contributed by atoms with Gasteiger partial charge in [-0.2, -0.15) is 0 Å². The minimum atomic E-state index is -3.67. The number of hydrogen-bond acceptors (Lipinski definition) is 4. The van der Waals surface area contributed by atoms with Crippen molar-refractivity contribution in [1.29, 1.82) is 0 Å². The molecular formula is C14H22N2O4S. The molecule has 2 N–H and O–H groups in total. The molecule has 0 unspecified atom stereocenters. The Morgan fingerprint density at radius 2 is 1.86 bits per heavy atom. The number of primary amides is 1. The fourth-order valence-corrected chi connectivity index (χ4v) is 3.82. The van der Waals surface area contributed by atoms with Crippen LogP contribution in [0.4, 0.5) is 0 Å². The molecule has 0 heterocycles. The van der Waals surface area contributed by atoms with Crippen molar-refractivity contribution in [3.63, 3.8) is 0 Å². The molecule has 7 heteroatoms. The Hall–Kier alpha value is -1.60. The summed E-state index contributed by atoms with van der Waals surface area (Å²) in [7, 11) is -0.682. The molecule has 0 fully saturated rings. The number of ether oxygens (including phenoxy) is 1. The lowest BCUT2D eigenvalue weighted by atomic mass is 10.1. The maximum absolute atomic E-state index is 12.7. The van der Waals surface area contributed by atoms with Gasteiger partial charge in [-0.1, -0.05) is 0 Å². The Bertz CT molecular complexity index is 653. The van der Waals surface area contributed by atoms with Crippen molar-refractivity contribution in [3.05, 3.63) is 22.8 Å². The van der Waals surface area contributed by atoms with Crippen LogP contribution in [0.1, 0.15) is 23.1 Å². The molecule has 0 saturated carbocycles. The van der Waals surface area contributed by atoms with Crippen molar-refractivity contribution >= 4 is 15.9 Å². The van der Waals surface area contributed by atoms with Crippen LogP contribution in [0.2, 0.25) is 0 Å². The predicted molar refractivity (Wildman–Crippen MR) is 80.8 cm³/mol. The van der Waals surface area contributed by atoms with Crippen molar-refractivity contribution < 1.29 is 17.9 Å². The fourth-order valence-electron chi connectivity index (χ4n) is 2.17. The van der Waals surface area contributed by atoms with Gasteiger partial charge in [-0.3, -0.25) is 4.79 Å². The van der Waals surface area contributed by atoms with E-state index in [-0.39, 0.29) is 17.9 Å². The third-order valence-corrected chi connectivity index (χ3v) is 5.69. The van der Waals surface area contributed by atoms with E-state index in [1.54, 1.807) is 27.0 Å². The van der Waals surface area contributed by atoms with E-state index < -0.39 is 15.9 Å². The zero-order chi connectivity index (χ0) is 16.4. The van der Waals surface area contributed by atoms with E-state index in [0.717, 1.165) is 9.87 Å². The van der Waals surface area contributed by atoms with Crippen LogP contribution >= 0.6 is 0 Å². The van der Waals surface area contributed by atoms with E-state index in [1.807, 2.05) is 6.92 Å². The molecule has 0 bridgehead atoms. The molecule has 118 valence electrons. The first-order valence-corrected chi connectivity index (χ1v) is 7.96. The summed E-state index contributed by atoms with van der Waals surface area (Å²) in [6, 6.07) is 1.71. The van der Waals surface area contributed by atoms with Crippen LogP contribution in [-0.2, 0) is 14.8 Å². The second-order valence-corrected chi connectivity index (χ2v) is 7.00. The Morgan fingerprint density at radius 1 is 1.29 bits per heavy atom. The molecule has 6 nitrogen and oxygen atoms in total. The van der Waals surface area contributed by atoms with Gasteiger partial charge in [0.1, 0.15) is 5.75 Å². The largest absolute Gasteiger partial charge is 0.496 e. The molecule has 0 spiro atoms. The second-order valence-electron chi connectivity index (χ2n) is 5.02. The van der Waals surface area contributed by atoms with Gasteiger partial charge in [0.2, 0.25) is 15.9 Å². The van der Waals surface area contributed by atoms with Crippen molar-refractivity contribution in [2.45, 2.75) is 32.1 Å². The highest BCUT2D eigenvalue weighted by Gasteiger charge is 2.26. The number of benzene rings is 1. The van der Waals surface area contributed by atoms with Crippen LogP contribution in [0, 0.1) is 20.8 Å². The van der Waals surface area contributed by atoms with Gasteiger partial charge in [0.15, 0.2) is 0 Å². The highest BCUT2D eigenvalue weighted by atomic mass is 32.2. The van der Waals surface area contributed by atoms with E-state index >= 15 is 0 Å². The number of methoxy groups -OCH3 is 1. The van der Waals surface area contributed by atoms with Gasteiger partial charge >= 0.3 is 0 Å². The summed E-state index contributed by atoms with van der Waals surface area (Å²) >= 11 is 0. The Labute approximate surface area is 125 Å². The normalized spacial score (nSPS) is 11.7. The lowest BCUT2D eigenvalue weighted by molar-refractivity contribution is -0.118. The molecule has 21 heavy (non-hydrogen) atoms. The first kappa shape index (κ1) is 17.5. The molecule has 0 saturated heterocycles. The molecular weight excluding hydrogens is 292 g/mol. The summed E-state index contributed by atoms with van der Waals surface area (Å²) in [4.78, 5) is 11.1. The summed E-state index contributed by atoms with van der Waals surface area (Å²) in [6.45, 7) is 5.35. The number of nitrogens with zero attached hydrogens (tertiary/aromatic N) is 1. The number of sulfonamides is 1. The molecule has 0 radical (unpaired) electrons. The number of hydrogen-bond donors (Lipinski definition) is 1. The first-order chi connectivity index (χ1) is 9.62. The number of nitrogens with two attached hydrogens (primary N) is 1. The summed E-state index contributed by atoms with van der Waals surface area (Å²) in [5, 5.41) is 0. The van der Waals surface area contributed by atoms with Gasteiger partial charge in [-0.05, 0) is 43.5 Å². The SMILES string of the molecule is COc1cc(C)c(S(=O)(=O)N(C)CCC(N)=O)c(C)c1C. The Balaban J connectivity index is 3.32. The highest BCUT2D eigenvalue weighted by Crippen LogP contribution is 2.31. The van der Waals surface area contributed by atoms with Crippen LogP contribution in [0.25, 0.3) is 0 Å². The first-order valence-electron chi connectivity index (χ1n) is 6.52. The summed E-state index contributed by atoms with van der Waals surface area (Å²) < 4.78 is 31.7. The average molecular weight is 314 g/mol. The number of carbonyl (C=O) groups excluding carboxylic acids is 1. The molecule has 1 amide bonds. The fraction of sp³-hybridized carbons (Fsp3) is 0.500. The Kier molecular flexibility index (Phi) is 5.36. The zero-order valence-corrected chi connectivity index (χ0v) is 13.9. The highest BCUT2D eigenvalue weighted by molar-refractivity contribution is 7.89. The van der Waals surface area contributed by atoms with Crippen molar-refractivity contribution in [2.24, 2.45) is 5.73 Å². The smallest absolute Gasteiger partial charge is 0.243 e. The number of rotatable bonds is 6. The molecule has 1 aromatic carbocycles. The van der Waals surface area contributed by atoms with Crippen LogP contribution in [0.5, 0.6) is 5.75 Å². The van der Waals surface area contributed by atoms with Gasteiger partial charge in [0, 0.05) is 20.0 Å². The molecule has 1 rings (SSSR count). The summed E-state index contributed by atoms with van der Waals surface area (Å²) in [5.74, 6) is 0.125. The van der Waals surface area contributed by atoms with Crippen LogP contribution in [0.3, 0.4) is 0 Å². The lowest BCUT2D eigenvalue weighted by Gasteiger charge is -2.21. The van der Waals surface area contributed by atoms with Gasteiger partial charge in [0.05, 0.1) is 12.0 Å². The molecule has 1 aromatic rings. The standard InChI is InChI=1S/C14H22N2O4S/c1-9-8-12(20-5)10(2)11(3)14(9)21(18,19)16(4)7-6-13(15)17/h8H,6-7H2,1-5H3,(H2,15,17). The van der Waals surface area contributed by atoms with E-state index in [1.165, 1.54) is 7.05 Å². The average Bonchev–Trinajstić information content (AvgIpc) is 2.39. The van der Waals surface area contributed by atoms with Gasteiger partial charge < -0.3 is 10.5 Å². The summed E-state index contributed by atoms with van der Waals surface area (Å²) in [5.41, 5.74) is 7.11. The molecule has 0 atom stereocenters. The molecule has 0 aliphatic carbocycles. The van der Waals surface area contributed by atoms with E-state index in [2.05, 4.69) is 0 Å². The van der Waals surface area contributed by atoms with Crippen molar-refractivity contribution in [1.82, 2.24) is 4.31 Å². The van der Waals surface area contributed by atoms with Gasteiger partial charge in [-0.25, -0.2) is 12.7 Å². The van der Waals surface area contributed by atoms with E-state index in [0.29, 0.717) is 16.9 Å². The number of aryl methyl sites for hydroxylation is 1. The topological polar surface area (TPSA) is 89.7 Å². The van der Waals surface area contributed by atoms with Gasteiger partial charge in [0.25, 0.3) is 0 Å². The van der Waals surface area contributed by atoms with Gasteiger partial charge in [-0.15, -0.1) is 0 Å². The quantitative estimate of drug-likeness (QED) is 0.852. The van der Waals surface area contributed by atoms with Crippen LogP contribution in [0.15, 0.2) is 11.0 Å². The monoisotopic (exact) mass is 314 g/mol. The van der Waals surface area contributed by atoms with Crippen LogP contribution < -0.4 is 10.5 Å².